The highest BCUT2D eigenvalue weighted by atomic mass is 28.4. The van der Waals surface area contributed by atoms with Crippen molar-refractivity contribution >= 4 is 37.6 Å². The van der Waals surface area contributed by atoms with E-state index in [1.54, 1.807) is 46.1 Å². The summed E-state index contributed by atoms with van der Waals surface area (Å²) in [4.78, 5) is 38.8. The van der Waals surface area contributed by atoms with Gasteiger partial charge in [0.15, 0.2) is 8.32 Å². The number of likely N-dealkylation sites (N-methyl/N-ethyl adjacent to an activating group) is 1. The van der Waals surface area contributed by atoms with Crippen LogP contribution in [0.3, 0.4) is 0 Å². The molecule has 2 aromatic heterocycles. The molecule has 0 bridgehead atoms. The van der Waals surface area contributed by atoms with Crippen molar-refractivity contribution in [2.45, 2.75) is 84.2 Å². The number of nitrogens with zero attached hydrogens (tertiary/aromatic N) is 7. The van der Waals surface area contributed by atoms with Crippen LogP contribution < -0.4 is 10.2 Å². The first kappa shape index (κ1) is 33.1. The minimum Gasteiger partial charge on any atom is -0.443 e. The lowest BCUT2D eigenvalue weighted by Gasteiger charge is -2.39. The first-order chi connectivity index (χ1) is 21.3. The molecule has 4 heterocycles. The van der Waals surface area contributed by atoms with Crippen LogP contribution in [-0.4, -0.2) is 77.3 Å². The molecule has 0 saturated heterocycles. The summed E-state index contributed by atoms with van der Waals surface area (Å²) in [5.74, 6) is 0.154. The lowest BCUT2D eigenvalue weighted by molar-refractivity contribution is 0.0574. The summed E-state index contributed by atoms with van der Waals surface area (Å²) in [6.07, 6.45) is 2.72. The molecule has 46 heavy (non-hydrogen) atoms. The maximum absolute atomic E-state index is 13.5. The van der Waals surface area contributed by atoms with Crippen LogP contribution in [0.1, 0.15) is 70.1 Å². The van der Waals surface area contributed by atoms with Gasteiger partial charge in [-0.2, -0.15) is 10.4 Å². The Hall–Kier alpha value is -4.28. The summed E-state index contributed by atoms with van der Waals surface area (Å²) in [5, 5.41) is 17.9. The van der Waals surface area contributed by atoms with Crippen LogP contribution in [0, 0.1) is 11.3 Å². The van der Waals surface area contributed by atoms with Gasteiger partial charge >= 0.3 is 6.09 Å². The molecule has 0 spiro atoms. The normalized spacial score (nSPS) is 18.2. The van der Waals surface area contributed by atoms with Gasteiger partial charge in [-0.1, -0.05) is 27.7 Å². The third-order valence-corrected chi connectivity index (χ3v) is 13.5. The van der Waals surface area contributed by atoms with Gasteiger partial charge in [-0.25, -0.2) is 14.8 Å². The van der Waals surface area contributed by atoms with Crippen LogP contribution in [-0.2, 0) is 21.1 Å². The first-order valence-electron chi connectivity index (χ1n) is 15.5. The Labute approximate surface area is 271 Å². The number of aromatic nitrogens is 4. The summed E-state index contributed by atoms with van der Waals surface area (Å²) in [7, 11) is -0.389. The van der Waals surface area contributed by atoms with E-state index in [1.165, 1.54) is 0 Å². The number of hydrogen-bond acceptors (Lipinski definition) is 9. The fourth-order valence-electron chi connectivity index (χ4n) is 5.38. The van der Waals surface area contributed by atoms with E-state index in [-0.39, 0.29) is 16.9 Å². The van der Waals surface area contributed by atoms with E-state index < -0.39 is 25.4 Å². The van der Waals surface area contributed by atoms with E-state index in [4.69, 9.17) is 14.1 Å². The molecular weight excluding hydrogens is 601 g/mol. The van der Waals surface area contributed by atoms with Crippen molar-refractivity contribution in [1.82, 2.24) is 24.6 Å². The molecule has 0 fully saturated rings. The molecular formula is C33H44N8O4Si. The van der Waals surface area contributed by atoms with Crippen LogP contribution in [0.5, 0.6) is 0 Å². The Balaban J connectivity index is 1.55. The SMILES string of the molecule is CN1CCn2ncc(Nc3nccc(-c4cc(C#N)c5c(c4)[C@@](C)(CO[Si](C)(C)C(C)(C)C)CN5C(=O)OC(C)(C)C)n3)c2C1=O. The highest BCUT2D eigenvalue weighted by Gasteiger charge is 2.47. The number of carbonyl (C=O) groups is 2. The van der Waals surface area contributed by atoms with Crippen molar-refractivity contribution in [3.63, 3.8) is 0 Å². The van der Waals surface area contributed by atoms with Gasteiger partial charge in [-0.15, -0.1) is 0 Å². The average Bonchev–Trinajstić information content (AvgIpc) is 3.51. The number of benzene rings is 1. The Morgan fingerprint density at radius 2 is 1.89 bits per heavy atom. The molecule has 2 aliphatic heterocycles. The van der Waals surface area contributed by atoms with E-state index in [1.807, 2.05) is 26.8 Å². The Bertz CT molecular complexity index is 1730. The van der Waals surface area contributed by atoms with Crippen molar-refractivity contribution in [1.29, 1.82) is 5.26 Å². The number of nitriles is 1. The van der Waals surface area contributed by atoms with Gasteiger partial charge in [-0.05, 0) is 62.7 Å². The van der Waals surface area contributed by atoms with Crippen molar-refractivity contribution in [3.05, 3.63) is 47.4 Å². The molecule has 1 atom stereocenters. The summed E-state index contributed by atoms with van der Waals surface area (Å²) in [6, 6.07) is 7.82. The molecule has 0 unspecified atom stereocenters. The highest BCUT2D eigenvalue weighted by molar-refractivity contribution is 6.74. The third kappa shape index (κ3) is 6.24. The second-order valence-electron chi connectivity index (χ2n) is 15.0. The summed E-state index contributed by atoms with van der Waals surface area (Å²) in [5.41, 5.74) is 2.59. The molecule has 1 aromatic carbocycles. The van der Waals surface area contributed by atoms with Crippen LogP contribution in [0.25, 0.3) is 11.3 Å². The lowest BCUT2D eigenvalue weighted by Crippen LogP contribution is -2.46. The van der Waals surface area contributed by atoms with Gasteiger partial charge < -0.3 is 19.4 Å². The summed E-state index contributed by atoms with van der Waals surface area (Å²) >= 11 is 0. The monoisotopic (exact) mass is 644 g/mol. The summed E-state index contributed by atoms with van der Waals surface area (Å²) in [6.45, 7) is 20.4. The number of carbonyl (C=O) groups excluding carboxylic acids is 2. The molecule has 0 radical (unpaired) electrons. The van der Waals surface area contributed by atoms with Crippen molar-refractivity contribution in [3.8, 4) is 17.3 Å². The average molecular weight is 645 g/mol. The fourth-order valence-corrected chi connectivity index (χ4v) is 6.50. The predicted octanol–water partition coefficient (Wildman–Crippen LogP) is 6.08. The maximum atomic E-state index is 13.5. The molecule has 5 rings (SSSR count). The zero-order chi connectivity index (χ0) is 33.8. The molecule has 2 amide bonds. The van der Waals surface area contributed by atoms with Crippen molar-refractivity contribution in [2.75, 3.05) is 37.0 Å². The van der Waals surface area contributed by atoms with Gasteiger partial charge in [0.1, 0.15) is 17.4 Å². The molecule has 3 aromatic rings. The van der Waals surface area contributed by atoms with E-state index in [2.05, 4.69) is 62.3 Å². The highest BCUT2D eigenvalue weighted by Crippen LogP contribution is 2.47. The molecule has 0 saturated carbocycles. The topological polar surface area (TPSA) is 138 Å². The number of nitrogens with one attached hydrogen (secondary N) is 1. The zero-order valence-corrected chi connectivity index (χ0v) is 29.5. The minimum atomic E-state index is -2.15. The van der Waals surface area contributed by atoms with Crippen LogP contribution in [0.4, 0.5) is 22.1 Å². The third-order valence-electron chi connectivity index (χ3n) is 9.06. The largest absolute Gasteiger partial charge is 0.443 e. The van der Waals surface area contributed by atoms with Crippen LogP contribution >= 0.6 is 0 Å². The van der Waals surface area contributed by atoms with Gasteiger partial charge in [0, 0.05) is 43.9 Å². The second kappa shape index (κ2) is 11.5. The van der Waals surface area contributed by atoms with Crippen LogP contribution in [0.2, 0.25) is 18.1 Å². The quantitative estimate of drug-likeness (QED) is 0.317. The Morgan fingerprint density at radius 1 is 1.17 bits per heavy atom. The molecule has 13 heteroatoms. The number of rotatable bonds is 6. The molecule has 12 nitrogen and oxygen atoms in total. The number of anilines is 3. The number of ether oxygens (including phenoxy) is 1. The number of hydrogen-bond donors (Lipinski definition) is 1. The van der Waals surface area contributed by atoms with E-state index >= 15 is 0 Å². The smallest absolute Gasteiger partial charge is 0.414 e. The fraction of sp³-hybridized carbons (Fsp3) is 0.515. The maximum Gasteiger partial charge on any atom is 0.414 e. The van der Waals surface area contributed by atoms with Crippen LogP contribution in [0.15, 0.2) is 30.6 Å². The minimum absolute atomic E-state index is 0.00528. The molecule has 244 valence electrons. The molecule has 2 aliphatic rings. The standard InChI is InChI=1S/C33H44N8O4Si/c1-31(2,3)45-30(43)40-19-33(7,20-44-46(9,10)32(4,5)6)23-16-21(15-22(17-34)26(23)40)24-11-12-35-29(37-24)38-25-18-36-41-14-13-39(8)28(42)27(25)41/h11-12,15-16,18H,13-14,19-20H2,1-10H3,(H,35,37,38)/t33-/m1/s1. The molecule has 0 aliphatic carbocycles. The van der Waals surface area contributed by atoms with Gasteiger partial charge in [0.05, 0.1) is 35.4 Å². The van der Waals surface area contributed by atoms with Gasteiger partial charge in [0.25, 0.3) is 5.91 Å². The first-order valence-corrected chi connectivity index (χ1v) is 18.4. The van der Waals surface area contributed by atoms with Gasteiger partial charge in [-0.3, -0.25) is 14.4 Å². The summed E-state index contributed by atoms with van der Waals surface area (Å²) < 4.78 is 14.2. The second-order valence-corrected chi connectivity index (χ2v) is 19.8. The van der Waals surface area contributed by atoms with Crippen molar-refractivity contribution in [2.24, 2.45) is 0 Å². The Kier molecular flexibility index (Phi) is 8.28. The zero-order valence-electron chi connectivity index (χ0n) is 28.5. The lowest BCUT2D eigenvalue weighted by atomic mass is 9.83. The molecule has 1 N–H and O–H groups in total. The van der Waals surface area contributed by atoms with Crippen molar-refractivity contribution < 1.29 is 18.8 Å². The van der Waals surface area contributed by atoms with E-state index in [9.17, 15) is 14.9 Å². The Morgan fingerprint density at radius 3 is 2.54 bits per heavy atom. The van der Waals surface area contributed by atoms with Gasteiger partial charge in [0.2, 0.25) is 5.95 Å². The predicted molar refractivity (Wildman–Crippen MR) is 179 cm³/mol. The van der Waals surface area contributed by atoms with E-state index in [0.29, 0.717) is 60.1 Å². The van der Waals surface area contributed by atoms with E-state index in [0.717, 1.165) is 5.56 Å². The number of amides is 2. The number of fused-ring (bicyclic) bond motifs is 2.